The molecule has 3 nitrogen and oxygen atoms in total. The van der Waals surface area contributed by atoms with E-state index in [0.717, 1.165) is 4.47 Å². The van der Waals surface area contributed by atoms with Crippen LogP contribution in [0.25, 0.3) is 0 Å². The zero-order valence-corrected chi connectivity index (χ0v) is 7.67. The summed E-state index contributed by atoms with van der Waals surface area (Å²) >= 11 is 3.22. The zero-order chi connectivity index (χ0) is 8.43. The molecule has 1 aromatic heterocycles. The van der Waals surface area contributed by atoms with E-state index in [1.54, 1.807) is 19.2 Å². The van der Waals surface area contributed by atoms with Gasteiger partial charge in [0.25, 0.3) is 0 Å². The summed E-state index contributed by atoms with van der Waals surface area (Å²) in [5, 5.41) is 9.14. The second-order valence-electron chi connectivity index (χ2n) is 2.30. The van der Waals surface area contributed by atoms with Crippen molar-refractivity contribution in [2.75, 3.05) is 5.73 Å². The van der Waals surface area contributed by atoms with Gasteiger partial charge < -0.3 is 10.8 Å². The van der Waals surface area contributed by atoms with E-state index >= 15 is 0 Å². The van der Waals surface area contributed by atoms with Crippen LogP contribution < -0.4 is 5.73 Å². The molecule has 0 fully saturated rings. The van der Waals surface area contributed by atoms with Crippen LogP contribution in [-0.2, 0) is 0 Å². The number of aromatic nitrogens is 1. The number of aliphatic hydroxyl groups excluding tert-OH is 1. The Morgan fingerprint density at radius 3 is 2.82 bits per heavy atom. The Morgan fingerprint density at radius 1 is 1.73 bits per heavy atom. The molecule has 0 aliphatic rings. The monoisotopic (exact) mass is 216 g/mol. The number of nitrogens with two attached hydrogens (primary N) is 1. The van der Waals surface area contributed by atoms with Crippen LogP contribution in [0.3, 0.4) is 0 Å². The normalized spacial score (nSPS) is 13.0. The highest BCUT2D eigenvalue weighted by molar-refractivity contribution is 9.10. The molecule has 0 amide bonds. The molecular weight excluding hydrogens is 208 g/mol. The molecule has 3 N–H and O–H groups in total. The first kappa shape index (κ1) is 8.49. The second kappa shape index (κ2) is 3.19. The highest BCUT2D eigenvalue weighted by atomic mass is 79.9. The average molecular weight is 217 g/mol. The fourth-order valence-electron chi connectivity index (χ4n) is 0.815. The van der Waals surface area contributed by atoms with E-state index in [1.165, 1.54) is 0 Å². The Morgan fingerprint density at radius 2 is 2.36 bits per heavy atom. The van der Waals surface area contributed by atoms with E-state index in [0.29, 0.717) is 11.4 Å². The van der Waals surface area contributed by atoms with E-state index in [4.69, 9.17) is 10.8 Å². The molecule has 1 aromatic rings. The molecule has 0 aromatic carbocycles. The van der Waals surface area contributed by atoms with Crippen molar-refractivity contribution >= 4 is 21.6 Å². The average Bonchev–Trinajstić information content (AvgIpc) is 1.85. The third kappa shape index (κ3) is 1.91. The van der Waals surface area contributed by atoms with E-state index in [2.05, 4.69) is 20.9 Å². The molecule has 0 saturated heterocycles. The molecule has 1 rings (SSSR count). The molecule has 0 bridgehead atoms. The highest BCUT2D eigenvalue weighted by Crippen LogP contribution is 2.20. The standard InChI is InChI=1S/C7H9BrN2O/c1-4(11)7-6(9)2-5(8)3-10-7/h2-4,11H,9H2,1H3/t4-/m0/s1. The smallest absolute Gasteiger partial charge is 0.0952 e. The molecule has 0 spiro atoms. The van der Waals surface area contributed by atoms with Gasteiger partial charge in [0.05, 0.1) is 17.5 Å². The van der Waals surface area contributed by atoms with E-state index in [9.17, 15) is 0 Å². The lowest BCUT2D eigenvalue weighted by molar-refractivity contribution is 0.195. The third-order valence-electron chi connectivity index (χ3n) is 1.31. The molecular formula is C7H9BrN2O. The third-order valence-corrected chi connectivity index (χ3v) is 1.75. The Balaban J connectivity index is 3.09. The fraction of sp³-hybridized carbons (Fsp3) is 0.286. The van der Waals surface area contributed by atoms with Crippen LogP contribution in [0.1, 0.15) is 18.7 Å². The number of pyridine rings is 1. The predicted molar refractivity (Wildman–Crippen MR) is 47.0 cm³/mol. The van der Waals surface area contributed by atoms with Crippen molar-refractivity contribution in [3.63, 3.8) is 0 Å². The van der Waals surface area contributed by atoms with Crippen LogP contribution in [0, 0.1) is 0 Å². The number of anilines is 1. The lowest BCUT2D eigenvalue weighted by Gasteiger charge is -2.06. The summed E-state index contributed by atoms with van der Waals surface area (Å²) in [6, 6.07) is 1.72. The molecule has 4 heteroatoms. The number of nitrogens with zero attached hydrogens (tertiary/aromatic N) is 1. The number of aliphatic hydroxyl groups is 1. The van der Waals surface area contributed by atoms with Gasteiger partial charge in [0.15, 0.2) is 0 Å². The van der Waals surface area contributed by atoms with Gasteiger partial charge in [-0.1, -0.05) is 0 Å². The van der Waals surface area contributed by atoms with Gasteiger partial charge in [-0.15, -0.1) is 0 Å². The van der Waals surface area contributed by atoms with Crippen molar-refractivity contribution in [3.05, 3.63) is 22.4 Å². The summed E-state index contributed by atoms with van der Waals surface area (Å²) in [6.45, 7) is 1.63. The first-order valence-corrected chi connectivity index (χ1v) is 3.99. The lowest BCUT2D eigenvalue weighted by Crippen LogP contribution is -2.01. The van der Waals surface area contributed by atoms with Crippen molar-refractivity contribution in [2.45, 2.75) is 13.0 Å². The molecule has 60 valence electrons. The van der Waals surface area contributed by atoms with Crippen LogP contribution >= 0.6 is 15.9 Å². The molecule has 1 heterocycles. The largest absolute Gasteiger partial charge is 0.397 e. The number of halogens is 1. The van der Waals surface area contributed by atoms with E-state index in [-0.39, 0.29) is 0 Å². The molecule has 0 aliphatic carbocycles. The predicted octanol–water partition coefficient (Wildman–Crippen LogP) is 1.48. The van der Waals surface area contributed by atoms with Crippen molar-refractivity contribution in [3.8, 4) is 0 Å². The van der Waals surface area contributed by atoms with Crippen molar-refractivity contribution in [1.82, 2.24) is 4.98 Å². The Kier molecular flexibility index (Phi) is 2.46. The van der Waals surface area contributed by atoms with Gasteiger partial charge in [0.2, 0.25) is 0 Å². The topological polar surface area (TPSA) is 59.1 Å². The molecule has 0 aliphatic heterocycles. The van der Waals surface area contributed by atoms with Crippen molar-refractivity contribution in [1.29, 1.82) is 0 Å². The summed E-state index contributed by atoms with van der Waals surface area (Å²) < 4.78 is 0.819. The summed E-state index contributed by atoms with van der Waals surface area (Å²) in [5.41, 5.74) is 6.60. The van der Waals surface area contributed by atoms with E-state index < -0.39 is 6.10 Å². The van der Waals surface area contributed by atoms with Gasteiger partial charge in [-0.3, -0.25) is 4.98 Å². The number of hydrogen-bond donors (Lipinski definition) is 2. The van der Waals surface area contributed by atoms with Gasteiger partial charge in [0.1, 0.15) is 0 Å². The van der Waals surface area contributed by atoms with Crippen molar-refractivity contribution in [2.24, 2.45) is 0 Å². The number of rotatable bonds is 1. The summed E-state index contributed by atoms with van der Waals surface area (Å²) in [6.07, 6.45) is 1.00. The van der Waals surface area contributed by atoms with Crippen LogP contribution in [0.5, 0.6) is 0 Å². The Hall–Kier alpha value is -0.610. The lowest BCUT2D eigenvalue weighted by atomic mass is 10.2. The second-order valence-corrected chi connectivity index (χ2v) is 3.22. The fourth-order valence-corrected chi connectivity index (χ4v) is 1.16. The number of hydrogen-bond acceptors (Lipinski definition) is 3. The first-order chi connectivity index (χ1) is 5.11. The maximum atomic E-state index is 9.14. The van der Waals surface area contributed by atoms with Gasteiger partial charge in [0, 0.05) is 10.7 Å². The first-order valence-electron chi connectivity index (χ1n) is 3.20. The van der Waals surface area contributed by atoms with Gasteiger partial charge >= 0.3 is 0 Å². The maximum absolute atomic E-state index is 9.14. The van der Waals surface area contributed by atoms with Crippen LogP contribution in [0.15, 0.2) is 16.7 Å². The SMILES string of the molecule is C[C@H](O)c1ncc(Br)cc1N. The van der Waals surface area contributed by atoms with E-state index in [1.807, 2.05) is 0 Å². The quantitative estimate of drug-likeness (QED) is 0.748. The summed E-state index contributed by atoms with van der Waals surface area (Å²) in [4.78, 5) is 3.96. The van der Waals surface area contributed by atoms with Gasteiger partial charge in [-0.25, -0.2) is 0 Å². The highest BCUT2D eigenvalue weighted by Gasteiger charge is 2.06. The number of nitrogen functional groups attached to an aromatic ring is 1. The minimum Gasteiger partial charge on any atom is -0.397 e. The zero-order valence-electron chi connectivity index (χ0n) is 6.08. The van der Waals surface area contributed by atoms with Gasteiger partial charge in [-0.2, -0.15) is 0 Å². The Bertz CT molecular complexity index is 263. The molecule has 0 radical (unpaired) electrons. The maximum Gasteiger partial charge on any atom is 0.0952 e. The van der Waals surface area contributed by atoms with Crippen LogP contribution in [0.4, 0.5) is 5.69 Å². The summed E-state index contributed by atoms with van der Waals surface area (Å²) in [5.74, 6) is 0. The van der Waals surface area contributed by atoms with Crippen LogP contribution in [-0.4, -0.2) is 10.1 Å². The van der Waals surface area contributed by atoms with Crippen molar-refractivity contribution < 1.29 is 5.11 Å². The minimum absolute atomic E-state index is 0.509. The molecule has 0 saturated carbocycles. The van der Waals surface area contributed by atoms with Crippen LogP contribution in [0.2, 0.25) is 0 Å². The van der Waals surface area contributed by atoms with Gasteiger partial charge in [-0.05, 0) is 28.9 Å². The minimum atomic E-state index is -0.608. The molecule has 1 atom stereocenters. The Labute approximate surface area is 73.4 Å². The molecule has 0 unspecified atom stereocenters. The molecule has 11 heavy (non-hydrogen) atoms. The summed E-state index contributed by atoms with van der Waals surface area (Å²) in [7, 11) is 0.